The number of hydrogen-bond acceptors (Lipinski definition) is 4. The van der Waals surface area contributed by atoms with Crippen LogP contribution in [0.2, 0.25) is 0 Å². The molecule has 0 unspecified atom stereocenters. The van der Waals surface area contributed by atoms with E-state index in [4.69, 9.17) is 10.2 Å². The highest BCUT2D eigenvalue weighted by Gasteiger charge is 2.45. The van der Waals surface area contributed by atoms with E-state index >= 15 is 0 Å². The van der Waals surface area contributed by atoms with Crippen molar-refractivity contribution in [3.63, 3.8) is 0 Å². The summed E-state index contributed by atoms with van der Waals surface area (Å²) in [7, 11) is -4.85. The number of sulfonamides is 1. The lowest BCUT2D eigenvalue weighted by atomic mass is 10.2. The third-order valence-corrected chi connectivity index (χ3v) is 3.62. The van der Waals surface area contributed by atoms with E-state index in [-0.39, 0.29) is 0 Å². The molecule has 0 saturated heterocycles. The smallest absolute Gasteiger partial charge is 0.395 e. The van der Waals surface area contributed by atoms with Crippen molar-refractivity contribution in [2.45, 2.75) is 18.0 Å². The van der Waals surface area contributed by atoms with Crippen LogP contribution in [-0.2, 0) is 10.0 Å². The normalized spacial score (nSPS) is 14.4. The number of alkyl halides is 3. The summed E-state index contributed by atoms with van der Waals surface area (Å²) in [5.74, 6) is 0. The van der Waals surface area contributed by atoms with E-state index in [1.54, 1.807) is 0 Å². The van der Waals surface area contributed by atoms with Crippen LogP contribution in [0.3, 0.4) is 0 Å². The van der Waals surface area contributed by atoms with Crippen LogP contribution in [0.5, 0.6) is 0 Å². The SMILES string of the molecule is CC(CO)(CO)S(=O)(=O)NC(F)(F)F. The van der Waals surface area contributed by atoms with Gasteiger partial charge in [-0.05, 0) is 6.92 Å². The monoisotopic (exact) mass is 237 g/mol. The molecule has 0 aliphatic carbocycles. The van der Waals surface area contributed by atoms with Gasteiger partial charge < -0.3 is 10.2 Å². The largest absolute Gasteiger partial charge is 0.470 e. The zero-order valence-electron chi connectivity index (χ0n) is 7.17. The number of hydrogen-bond donors (Lipinski definition) is 3. The van der Waals surface area contributed by atoms with Crippen LogP contribution >= 0.6 is 0 Å². The number of nitrogens with one attached hydrogen (secondary N) is 1. The number of aliphatic hydroxyl groups is 2. The van der Waals surface area contributed by atoms with Crippen LogP contribution in [0.4, 0.5) is 13.2 Å². The molecule has 0 saturated carbocycles. The van der Waals surface area contributed by atoms with Crippen molar-refractivity contribution >= 4 is 10.0 Å². The van der Waals surface area contributed by atoms with Gasteiger partial charge in [-0.1, -0.05) is 0 Å². The lowest BCUT2D eigenvalue weighted by Gasteiger charge is -2.25. The predicted molar refractivity (Wildman–Crippen MR) is 40.7 cm³/mol. The van der Waals surface area contributed by atoms with Crippen molar-refractivity contribution in [2.24, 2.45) is 0 Å². The molecule has 0 aromatic carbocycles. The second kappa shape index (κ2) is 4.01. The van der Waals surface area contributed by atoms with E-state index in [2.05, 4.69) is 0 Å². The molecule has 14 heavy (non-hydrogen) atoms. The molecule has 9 heteroatoms. The molecule has 0 aliphatic rings. The first-order valence-electron chi connectivity index (χ1n) is 3.40. The molecular formula is C5H10F3NO4S. The van der Waals surface area contributed by atoms with E-state index in [1.807, 2.05) is 0 Å². The minimum absolute atomic E-state index is 0.390. The zero-order chi connectivity index (χ0) is 11.6. The van der Waals surface area contributed by atoms with Gasteiger partial charge in [0.2, 0.25) is 10.0 Å². The first kappa shape index (κ1) is 13.6. The average Bonchev–Trinajstić information content (AvgIpc) is 1.98. The van der Waals surface area contributed by atoms with Crippen LogP contribution in [0.25, 0.3) is 0 Å². The Morgan fingerprint density at radius 2 is 1.57 bits per heavy atom. The maximum Gasteiger partial charge on any atom is 0.470 e. The summed E-state index contributed by atoms with van der Waals surface area (Å²) in [6, 6.07) is 0. The number of aliphatic hydroxyl groups excluding tert-OH is 2. The first-order valence-corrected chi connectivity index (χ1v) is 4.88. The van der Waals surface area contributed by atoms with Gasteiger partial charge in [-0.25, -0.2) is 8.42 Å². The summed E-state index contributed by atoms with van der Waals surface area (Å²) < 4.78 is 55.2. The van der Waals surface area contributed by atoms with E-state index in [0.717, 1.165) is 6.92 Å². The van der Waals surface area contributed by atoms with Crippen LogP contribution < -0.4 is 4.72 Å². The molecular weight excluding hydrogens is 227 g/mol. The standard InChI is InChI=1S/C5H10F3NO4S/c1-4(2-10,3-11)14(12,13)9-5(6,7)8/h9-11H,2-3H2,1H3. The van der Waals surface area contributed by atoms with Crippen molar-refractivity contribution < 1.29 is 31.8 Å². The fourth-order valence-electron chi connectivity index (χ4n) is 0.496. The fourth-order valence-corrected chi connectivity index (χ4v) is 1.39. The highest BCUT2D eigenvalue weighted by molar-refractivity contribution is 7.91. The van der Waals surface area contributed by atoms with Gasteiger partial charge in [0.05, 0.1) is 13.2 Å². The molecule has 0 fully saturated rings. The fraction of sp³-hybridized carbons (Fsp3) is 1.00. The molecule has 0 atom stereocenters. The third kappa shape index (κ3) is 3.08. The third-order valence-electron chi connectivity index (χ3n) is 1.57. The predicted octanol–water partition coefficient (Wildman–Crippen LogP) is -0.831. The maximum atomic E-state index is 11.7. The quantitative estimate of drug-likeness (QED) is 0.557. The Morgan fingerprint density at radius 1 is 1.21 bits per heavy atom. The van der Waals surface area contributed by atoms with Gasteiger partial charge in [-0.15, -0.1) is 4.72 Å². The summed E-state index contributed by atoms with van der Waals surface area (Å²) in [5, 5.41) is 17.1. The minimum Gasteiger partial charge on any atom is -0.395 e. The van der Waals surface area contributed by atoms with Crippen molar-refractivity contribution in [3.8, 4) is 0 Å². The van der Waals surface area contributed by atoms with Gasteiger partial charge in [0.1, 0.15) is 4.75 Å². The molecule has 0 aliphatic heterocycles. The number of halogens is 3. The van der Waals surface area contributed by atoms with E-state index in [0.29, 0.717) is 4.72 Å². The minimum atomic E-state index is -5.12. The average molecular weight is 237 g/mol. The van der Waals surface area contributed by atoms with Crippen LogP contribution in [0.15, 0.2) is 0 Å². The topological polar surface area (TPSA) is 86.6 Å². The molecule has 0 aromatic rings. The molecule has 0 spiro atoms. The van der Waals surface area contributed by atoms with Crippen molar-refractivity contribution in [2.75, 3.05) is 13.2 Å². The molecule has 0 bridgehead atoms. The Hall–Kier alpha value is -0.380. The Labute approximate surface area is 78.6 Å². The molecule has 86 valence electrons. The Balaban J connectivity index is 4.96. The van der Waals surface area contributed by atoms with E-state index < -0.39 is 34.3 Å². The van der Waals surface area contributed by atoms with Crippen LogP contribution in [-0.4, -0.2) is 42.9 Å². The number of rotatable bonds is 4. The van der Waals surface area contributed by atoms with Gasteiger partial charge in [0.15, 0.2) is 0 Å². The molecule has 0 aromatic heterocycles. The Bertz CT molecular complexity index is 282. The summed E-state index contributed by atoms with van der Waals surface area (Å²) in [6.07, 6.45) is -5.12. The van der Waals surface area contributed by atoms with Gasteiger partial charge in [-0.3, -0.25) is 0 Å². The zero-order valence-corrected chi connectivity index (χ0v) is 7.98. The summed E-state index contributed by atoms with van der Waals surface area (Å²) in [4.78, 5) is 0. The molecule has 0 heterocycles. The van der Waals surface area contributed by atoms with E-state index in [1.165, 1.54) is 0 Å². The maximum absolute atomic E-state index is 11.7. The molecule has 0 amide bonds. The van der Waals surface area contributed by atoms with E-state index in [9.17, 15) is 21.6 Å². The van der Waals surface area contributed by atoms with Gasteiger partial charge in [0.25, 0.3) is 0 Å². The first-order chi connectivity index (χ1) is 6.08. The Morgan fingerprint density at radius 3 is 1.79 bits per heavy atom. The highest BCUT2D eigenvalue weighted by atomic mass is 32.2. The highest BCUT2D eigenvalue weighted by Crippen LogP contribution is 2.20. The van der Waals surface area contributed by atoms with Crippen molar-refractivity contribution in [1.29, 1.82) is 0 Å². The van der Waals surface area contributed by atoms with Gasteiger partial charge >= 0.3 is 6.30 Å². The summed E-state index contributed by atoms with van der Waals surface area (Å²) in [5.41, 5.74) is 0. The second-order valence-corrected chi connectivity index (χ2v) is 5.07. The van der Waals surface area contributed by atoms with Crippen molar-refractivity contribution in [1.82, 2.24) is 4.72 Å². The van der Waals surface area contributed by atoms with Gasteiger partial charge in [-0.2, -0.15) is 13.2 Å². The van der Waals surface area contributed by atoms with Crippen LogP contribution in [0.1, 0.15) is 6.92 Å². The van der Waals surface area contributed by atoms with Crippen LogP contribution in [0, 0.1) is 0 Å². The summed E-state index contributed by atoms with van der Waals surface area (Å²) in [6.45, 7) is -1.44. The second-order valence-electron chi connectivity index (χ2n) is 2.87. The molecule has 5 nitrogen and oxygen atoms in total. The molecule has 0 rings (SSSR count). The van der Waals surface area contributed by atoms with Crippen molar-refractivity contribution in [3.05, 3.63) is 0 Å². The summed E-state index contributed by atoms with van der Waals surface area (Å²) >= 11 is 0. The lowest BCUT2D eigenvalue weighted by molar-refractivity contribution is -0.138. The lowest BCUT2D eigenvalue weighted by Crippen LogP contribution is -2.53. The molecule has 3 N–H and O–H groups in total. The Kier molecular flexibility index (Phi) is 3.90. The molecule has 0 radical (unpaired) electrons. The van der Waals surface area contributed by atoms with Gasteiger partial charge in [0, 0.05) is 0 Å².